The largest absolute Gasteiger partial charge is 0.480 e. The number of aliphatic hydroxyl groups is 1. The lowest BCUT2D eigenvalue weighted by Crippen LogP contribution is -2.50. The van der Waals surface area contributed by atoms with Crippen LogP contribution < -0.4 is 5.32 Å². The summed E-state index contributed by atoms with van der Waals surface area (Å²) in [7, 11) is 0. The van der Waals surface area contributed by atoms with E-state index in [2.05, 4.69) is 5.32 Å². The second-order valence-electron chi connectivity index (χ2n) is 8.58. The quantitative estimate of drug-likeness (QED) is 0.123. The zero-order chi connectivity index (χ0) is 27.5. The number of nitrogens with one attached hydrogen (secondary N) is 1. The number of aliphatic hydroxyl groups excluding tert-OH is 1. The van der Waals surface area contributed by atoms with Crippen LogP contribution in [-0.4, -0.2) is 182 Å². The SMILES string of the molecule is O=C(O)CN1CCN(CC(=O)O)CCN(CC(=O)NCCOCCOCCO)CCN(CC(=O)O)CC1. The van der Waals surface area contributed by atoms with Crippen molar-refractivity contribution in [1.82, 2.24) is 24.9 Å². The van der Waals surface area contributed by atoms with Gasteiger partial charge in [0.2, 0.25) is 5.91 Å². The van der Waals surface area contributed by atoms with Gasteiger partial charge in [0.05, 0.1) is 59.2 Å². The number of ether oxygens (including phenoxy) is 2. The summed E-state index contributed by atoms with van der Waals surface area (Å²) < 4.78 is 10.4. The molecule has 37 heavy (non-hydrogen) atoms. The zero-order valence-corrected chi connectivity index (χ0v) is 21.3. The molecule has 15 heteroatoms. The predicted octanol–water partition coefficient (Wildman–Crippen LogP) is -3.40. The van der Waals surface area contributed by atoms with Crippen LogP contribution in [0.15, 0.2) is 0 Å². The molecule has 1 aliphatic heterocycles. The van der Waals surface area contributed by atoms with E-state index in [1.807, 2.05) is 4.90 Å². The first-order valence-corrected chi connectivity index (χ1v) is 12.3. The lowest BCUT2D eigenvalue weighted by molar-refractivity contribution is -0.140. The number of aliphatic carboxylic acids is 3. The molecule has 1 heterocycles. The molecule has 1 fully saturated rings. The summed E-state index contributed by atoms with van der Waals surface area (Å²) in [6.45, 7) is 3.53. The van der Waals surface area contributed by atoms with Crippen LogP contribution in [0.25, 0.3) is 0 Å². The summed E-state index contributed by atoms with van der Waals surface area (Å²) in [5.41, 5.74) is 0. The van der Waals surface area contributed by atoms with Crippen molar-refractivity contribution in [3.8, 4) is 0 Å². The van der Waals surface area contributed by atoms with Crippen LogP contribution in [-0.2, 0) is 28.7 Å². The third-order valence-electron chi connectivity index (χ3n) is 5.55. The fourth-order valence-corrected chi connectivity index (χ4v) is 3.69. The van der Waals surface area contributed by atoms with Crippen LogP contribution in [0.1, 0.15) is 0 Å². The molecule has 1 saturated heterocycles. The monoisotopic (exact) mass is 535 g/mol. The fourth-order valence-electron chi connectivity index (χ4n) is 3.69. The van der Waals surface area contributed by atoms with Gasteiger partial charge < -0.3 is 35.2 Å². The van der Waals surface area contributed by atoms with Gasteiger partial charge in [0.1, 0.15) is 0 Å². The lowest BCUT2D eigenvalue weighted by atomic mass is 10.3. The third-order valence-corrected chi connectivity index (χ3v) is 5.55. The summed E-state index contributed by atoms with van der Waals surface area (Å²) >= 11 is 0. The Hall–Kier alpha value is -2.40. The summed E-state index contributed by atoms with van der Waals surface area (Å²) in [4.78, 5) is 53.3. The molecule has 0 aromatic rings. The maximum absolute atomic E-state index is 12.5. The van der Waals surface area contributed by atoms with Gasteiger partial charge >= 0.3 is 17.9 Å². The van der Waals surface area contributed by atoms with Crippen molar-refractivity contribution in [1.29, 1.82) is 0 Å². The molecule has 0 spiro atoms. The summed E-state index contributed by atoms with van der Waals surface area (Å²) in [5, 5.41) is 39.2. The van der Waals surface area contributed by atoms with E-state index in [0.717, 1.165) is 0 Å². The van der Waals surface area contributed by atoms with Crippen molar-refractivity contribution in [2.24, 2.45) is 0 Å². The second kappa shape index (κ2) is 19.7. The van der Waals surface area contributed by atoms with Crippen molar-refractivity contribution in [2.45, 2.75) is 0 Å². The molecule has 0 bridgehead atoms. The molecule has 0 unspecified atom stereocenters. The Labute approximate surface area is 216 Å². The highest BCUT2D eigenvalue weighted by Gasteiger charge is 2.21. The highest BCUT2D eigenvalue weighted by molar-refractivity contribution is 5.78. The summed E-state index contributed by atoms with van der Waals surface area (Å²) in [6, 6.07) is 0. The Kier molecular flexibility index (Phi) is 17.4. The highest BCUT2D eigenvalue weighted by atomic mass is 16.5. The number of carbonyl (C=O) groups excluding carboxylic acids is 1. The molecule has 0 aromatic carbocycles. The number of amides is 1. The number of hydrogen-bond acceptors (Lipinski definition) is 11. The van der Waals surface area contributed by atoms with Crippen molar-refractivity contribution in [2.75, 3.05) is 118 Å². The van der Waals surface area contributed by atoms with E-state index in [1.54, 1.807) is 14.7 Å². The van der Waals surface area contributed by atoms with Crippen LogP contribution in [0, 0.1) is 0 Å². The van der Waals surface area contributed by atoms with Gasteiger partial charge in [-0.15, -0.1) is 0 Å². The maximum Gasteiger partial charge on any atom is 0.317 e. The van der Waals surface area contributed by atoms with Gasteiger partial charge in [-0.25, -0.2) is 0 Å². The molecule has 0 atom stereocenters. The molecule has 1 amide bonds. The Morgan fingerprint density at radius 3 is 1.27 bits per heavy atom. The molecule has 1 aliphatic rings. The third kappa shape index (κ3) is 17.6. The number of carboxylic acids is 3. The second-order valence-corrected chi connectivity index (χ2v) is 8.58. The standard InChI is InChI=1S/C22H41N5O10/c28-10-12-37-14-13-36-11-1-23-19(29)15-24-2-4-25(16-20(30)31)6-8-27(18-22(34)35)9-7-26(5-3-24)17-21(32)33/h28H,1-18H2,(H,23,29)(H,30,31)(H,32,33)(H,34,35). The van der Waals surface area contributed by atoms with Gasteiger partial charge in [-0.05, 0) is 0 Å². The number of hydrogen-bond donors (Lipinski definition) is 5. The van der Waals surface area contributed by atoms with Crippen molar-refractivity contribution >= 4 is 23.8 Å². The summed E-state index contributed by atoms with van der Waals surface area (Å²) in [6.07, 6.45) is 0. The van der Waals surface area contributed by atoms with E-state index in [4.69, 9.17) is 14.6 Å². The number of carbonyl (C=O) groups is 4. The van der Waals surface area contributed by atoms with E-state index in [1.165, 1.54) is 0 Å². The number of rotatable bonds is 16. The minimum Gasteiger partial charge on any atom is -0.480 e. The minimum absolute atomic E-state index is 0.0482. The van der Waals surface area contributed by atoms with E-state index in [0.29, 0.717) is 78.7 Å². The van der Waals surface area contributed by atoms with Crippen LogP contribution in [0.2, 0.25) is 0 Å². The Morgan fingerprint density at radius 2 is 0.919 bits per heavy atom. The zero-order valence-electron chi connectivity index (χ0n) is 21.3. The molecule has 0 radical (unpaired) electrons. The average molecular weight is 536 g/mol. The van der Waals surface area contributed by atoms with Gasteiger partial charge in [0.15, 0.2) is 0 Å². The molecular weight excluding hydrogens is 494 g/mol. The normalized spacial score (nSPS) is 17.5. The van der Waals surface area contributed by atoms with E-state index >= 15 is 0 Å². The average Bonchev–Trinajstić information content (AvgIpc) is 2.81. The van der Waals surface area contributed by atoms with Gasteiger partial charge in [0.25, 0.3) is 0 Å². The van der Waals surface area contributed by atoms with Gasteiger partial charge in [-0.2, -0.15) is 0 Å². The minimum atomic E-state index is -1.01. The first-order chi connectivity index (χ1) is 17.7. The molecule has 5 N–H and O–H groups in total. The van der Waals surface area contributed by atoms with Crippen LogP contribution in [0.3, 0.4) is 0 Å². The van der Waals surface area contributed by atoms with E-state index in [9.17, 15) is 34.5 Å². The van der Waals surface area contributed by atoms with Crippen LogP contribution in [0.4, 0.5) is 0 Å². The van der Waals surface area contributed by atoms with E-state index in [-0.39, 0.29) is 45.3 Å². The van der Waals surface area contributed by atoms with Gasteiger partial charge in [0, 0.05) is 58.9 Å². The lowest BCUT2D eigenvalue weighted by Gasteiger charge is -2.32. The van der Waals surface area contributed by atoms with Crippen molar-refractivity contribution in [3.05, 3.63) is 0 Å². The van der Waals surface area contributed by atoms with Gasteiger partial charge in [-0.1, -0.05) is 0 Å². The van der Waals surface area contributed by atoms with E-state index < -0.39 is 17.9 Å². The van der Waals surface area contributed by atoms with Crippen molar-refractivity contribution in [3.63, 3.8) is 0 Å². The van der Waals surface area contributed by atoms with Gasteiger partial charge in [-0.3, -0.25) is 38.8 Å². The molecule has 1 rings (SSSR count). The fraction of sp³-hybridized carbons (Fsp3) is 0.818. The Morgan fingerprint density at radius 1 is 0.568 bits per heavy atom. The molecule has 0 saturated carbocycles. The topological polar surface area (TPSA) is 193 Å². The molecule has 0 aromatic heterocycles. The van der Waals surface area contributed by atoms with Crippen LogP contribution in [0.5, 0.6) is 0 Å². The number of nitrogens with zero attached hydrogens (tertiary/aromatic N) is 4. The first-order valence-electron chi connectivity index (χ1n) is 12.3. The first kappa shape index (κ1) is 32.6. The molecule has 0 aliphatic carbocycles. The predicted molar refractivity (Wildman–Crippen MR) is 130 cm³/mol. The smallest absolute Gasteiger partial charge is 0.317 e. The highest BCUT2D eigenvalue weighted by Crippen LogP contribution is 2.01. The van der Waals surface area contributed by atoms with Crippen molar-refractivity contribution < 1.29 is 49.1 Å². The summed E-state index contributed by atoms with van der Waals surface area (Å²) in [5.74, 6) is -3.26. The molecule has 15 nitrogen and oxygen atoms in total. The Bertz CT molecular complexity index is 667. The Balaban J connectivity index is 2.70. The molecular formula is C22H41N5O10. The maximum atomic E-state index is 12.5. The molecule has 214 valence electrons. The van der Waals surface area contributed by atoms with Crippen LogP contribution >= 0.6 is 0 Å². The number of carboxylic acid groups (broad SMARTS) is 3.